The fourth-order valence-corrected chi connectivity index (χ4v) is 3.22. The van der Waals surface area contributed by atoms with E-state index in [0.29, 0.717) is 17.3 Å². The number of carbonyl (C=O) groups is 1. The highest BCUT2D eigenvalue weighted by Crippen LogP contribution is 2.39. The van der Waals surface area contributed by atoms with Gasteiger partial charge >= 0.3 is 0 Å². The Labute approximate surface area is 146 Å². The van der Waals surface area contributed by atoms with Crippen LogP contribution in [0.1, 0.15) is 42.9 Å². The predicted octanol–water partition coefficient (Wildman–Crippen LogP) is 2.36. The smallest absolute Gasteiger partial charge is 0.274 e. The molecule has 3 heterocycles. The molecule has 1 N–H and O–H groups in total. The molecule has 3 aromatic rings. The number of hydrogen-bond acceptors (Lipinski definition) is 4. The molecular formula is C18H22N6O. The third kappa shape index (κ3) is 2.79. The summed E-state index contributed by atoms with van der Waals surface area (Å²) in [7, 11) is 1.87. The van der Waals surface area contributed by atoms with Crippen molar-refractivity contribution in [2.45, 2.75) is 39.2 Å². The van der Waals surface area contributed by atoms with Crippen molar-refractivity contribution in [3.05, 3.63) is 36.0 Å². The highest BCUT2D eigenvalue weighted by Gasteiger charge is 2.39. The second-order valence-electron chi connectivity index (χ2n) is 7.39. The highest BCUT2D eigenvalue weighted by molar-refractivity contribution is 5.98. The van der Waals surface area contributed by atoms with Gasteiger partial charge in [0.2, 0.25) is 0 Å². The maximum Gasteiger partial charge on any atom is 0.274 e. The van der Waals surface area contributed by atoms with Crippen LogP contribution >= 0.6 is 0 Å². The molecule has 130 valence electrons. The molecule has 0 spiro atoms. The Morgan fingerprint density at radius 3 is 2.72 bits per heavy atom. The molecule has 0 saturated heterocycles. The number of amides is 1. The lowest BCUT2D eigenvalue weighted by Gasteiger charge is -2.25. The molecule has 0 atom stereocenters. The molecular weight excluding hydrogens is 316 g/mol. The van der Waals surface area contributed by atoms with Gasteiger partial charge in [-0.2, -0.15) is 5.10 Å². The normalized spacial score (nSPS) is 14.9. The van der Waals surface area contributed by atoms with Crippen LogP contribution < -0.4 is 5.32 Å². The Hall–Kier alpha value is -2.70. The first kappa shape index (κ1) is 15.8. The first-order valence-electron chi connectivity index (χ1n) is 8.52. The first-order chi connectivity index (χ1) is 11.8. The molecule has 0 radical (unpaired) electrons. The molecule has 1 saturated carbocycles. The van der Waals surface area contributed by atoms with Gasteiger partial charge in [0.1, 0.15) is 12.0 Å². The minimum atomic E-state index is -0.222. The molecule has 4 rings (SSSR count). The summed E-state index contributed by atoms with van der Waals surface area (Å²) >= 11 is 0. The van der Waals surface area contributed by atoms with Gasteiger partial charge in [0, 0.05) is 24.5 Å². The summed E-state index contributed by atoms with van der Waals surface area (Å²) in [6.07, 6.45) is 5.86. The van der Waals surface area contributed by atoms with Crippen LogP contribution in [0.5, 0.6) is 0 Å². The van der Waals surface area contributed by atoms with Crippen LogP contribution in [0.2, 0.25) is 0 Å². The largest absolute Gasteiger partial charge is 0.345 e. The Morgan fingerprint density at radius 1 is 1.32 bits per heavy atom. The fourth-order valence-electron chi connectivity index (χ4n) is 3.22. The summed E-state index contributed by atoms with van der Waals surface area (Å²) in [4.78, 5) is 21.8. The maximum absolute atomic E-state index is 12.8. The molecule has 1 amide bonds. The van der Waals surface area contributed by atoms with Crippen LogP contribution in [-0.4, -0.2) is 35.6 Å². The van der Waals surface area contributed by atoms with E-state index in [9.17, 15) is 4.79 Å². The zero-order chi connectivity index (χ0) is 17.8. The summed E-state index contributed by atoms with van der Waals surface area (Å²) in [5.74, 6) is 0.369. The molecule has 1 aliphatic carbocycles. The Bertz CT molecular complexity index is 963. The van der Waals surface area contributed by atoms with E-state index in [1.807, 2.05) is 36.7 Å². The number of aryl methyl sites for hydroxylation is 2. The monoisotopic (exact) mass is 338 g/mol. The molecule has 0 bridgehead atoms. The van der Waals surface area contributed by atoms with Gasteiger partial charge < -0.3 is 5.32 Å². The first-order valence-corrected chi connectivity index (χ1v) is 8.52. The number of fused-ring (bicyclic) bond motifs is 1. The van der Waals surface area contributed by atoms with Crippen molar-refractivity contribution < 1.29 is 4.79 Å². The van der Waals surface area contributed by atoms with Crippen LogP contribution in [0.25, 0.3) is 17.0 Å². The van der Waals surface area contributed by atoms with Crippen molar-refractivity contribution in [2.75, 3.05) is 0 Å². The van der Waals surface area contributed by atoms with Crippen molar-refractivity contribution in [3.8, 4) is 11.4 Å². The maximum atomic E-state index is 12.8. The fraction of sp³-hybridized carbons (Fsp3) is 0.444. The lowest BCUT2D eigenvalue weighted by Crippen LogP contribution is -2.45. The van der Waals surface area contributed by atoms with E-state index in [4.69, 9.17) is 0 Å². The van der Waals surface area contributed by atoms with Crippen molar-refractivity contribution in [1.29, 1.82) is 0 Å². The topological polar surface area (TPSA) is 77.1 Å². The summed E-state index contributed by atoms with van der Waals surface area (Å²) < 4.78 is 3.57. The number of aromatic nitrogens is 5. The third-order valence-corrected chi connectivity index (χ3v) is 4.92. The van der Waals surface area contributed by atoms with E-state index in [2.05, 4.69) is 34.2 Å². The van der Waals surface area contributed by atoms with Gasteiger partial charge in [-0.25, -0.2) is 9.97 Å². The summed E-state index contributed by atoms with van der Waals surface area (Å²) in [5.41, 5.74) is 3.17. The van der Waals surface area contributed by atoms with Gasteiger partial charge in [-0.15, -0.1) is 0 Å². The van der Waals surface area contributed by atoms with E-state index in [0.717, 1.165) is 17.1 Å². The lowest BCUT2D eigenvalue weighted by molar-refractivity contribution is 0.0900. The van der Waals surface area contributed by atoms with E-state index < -0.39 is 0 Å². The van der Waals surface area contributed by atoms with Gasteiger partial charge in [-0.1, -0.05) is 0 Å². The molecule has 7 nitrogen and oxygen atoms in total. The Kier molecular flexibility index (Phi) is 3.42. The van der Waals surface area contributed by atoms with Gasteiger partial charge in [-0.05, 0) is 51.7 Å². The molecule has 7 heteroatoms. The zero-order valence-electron chi connectivity index (χ0n) is 14.9. The minimum absolute atomic E-state index is 0.176. The van der Waals surface area contributed by atoms with Crippen molar-refractivity contribution in [3.63, 3.8) is 0 Å². The van der Waals surface area contributed by atoms with Crippen molar-refractivity contribution in [2.24, 2.45) is 13.0 Å². The molecule has 3 aromatic heterocycles. The molecule has 25 heavy (non-hydrogen) atoms. The molecule has 0 unspecified atom stereocenters. The number of hydrogen-bond donors (Lipinski definition) is 1. The van der Waals surface area contributed by atoms with Crippen LogP contribution in [0.15, 0.2) is 24.7 Å². The number of nitrogens with zero attached hydrogens (tertiary/aromatic N) is 5. The summed E-state index contributed by atoms with van der Waals surface area (Å²) in [5, 5.41) is 7.52. The van der Waals surface area contributed by atoms with E-state index in [1.165, 1.54) is 12.8 Å². The van der Waals surface area contributed by atoms with Gasteiger partial charge in [-0.3, -0.25) is 13.9 Å². The molecule has 1 aliphatic rings. The molecule has 0 aliphatic heterocycles. The van der Waals surface area contributed by atoms with Crippen LogP contribution in [0.4, 0.5) is 0 Å². The van der Waals surface area contributed by atoms with Gasteiger partial charge in [0.05, 0.1) is 5.69 Å². The lowest BCUT2D eigenvalue weighted by atomic mass is 9.98. The number of nitrogens with one attached hydrogen (secondary N) is 1. The second kappa shape index (κ2) is 5.40. The average molecular weight is 338 g/mol. The standard InChI is InChI=1S/C18H22N6O/c1-11-9-14(13-7-8-23(4)22-13)20-16-15(19-10-24(11)16)17(25)21-18(2,3)12-5-6-12/h7-10,12H,5-6H2,1-4H3,(H,21,25). The van der Waals surface area contributed by atoms with Crippen molar-refractivity contribution >= 4 is 11.6 Å². The predicted molar refractivity (Wildman–Crippen MR) is 94.2 cm³/mol. The number of rotatable bonds is 4. The van der Waals surface area contributed by atoms with Gasteiger partial charge in [0.15, 0.2) is 11.3 Å². The second-order valence-corrected chi connectivity index (χ2v) is 7.39. The summed E-state index contributed by atoms with van der Waals surface area (Å²) in [6, 6.07) is 3.86. The highest BCUT2D eigenvalue weighted by atomic mass is 16.2. The van der Waals surface area contributed by atoms with Crippen LogP contribution in [0, 0.1) is 12.8 Å². The van der Waals surface area contributed by atoms with Crippen LogP contribution in [-0.2, 0) is 7.05 Å². The van der Waals surface area contributed by atoms with Crippen LogP contribution in [0.3, 0.4) is 0 Å². The Morgan fingerprint density at radius 2 is 2.08 bits per heavy atom. The third-order valence-electron chi connectivity index (χ3n) is 4.92. The quantitative estimate of drug-likeness (QED) is 0.792. The van der Waals surface area contributed by atoms with Gasteiger partial charge in [0.25, 0.3) is 5.91 Å². The number of imidazole rings is 1. The number of carbonyl (C=O) groups excluding carboxylic acids is 1. The SMILES string of the molecule is Cc1cc(-c2ccn(C)n2)nc2c(C(=O)NC(C)(C)C3CC3)ncn12. The van der Waals surface area contributed by atoms with Crippen molar-refractivity contribution in [1.82, 2.24) is 29.5 Å². The zero-order valence-corrected chi connectivity index (χ0v) is 14.9. The molecule has 1 fully saturated rings. The Balaban J connectivity index is 1.74. The van der Waals surface area contributed by atoms with E-state index >= 15 is 0 Å². The van der Waals surface area contributed by atoms with E-state index in [-0.39, 0.29) is 11.4 Å². The summed E-state index contributed by atoms with van der Waals surface area (Å²) in [6.45, 7) is 6.11. The molecule has 0 aromatic carbocycles. The minimum Gasteiger partial charge on any atom is -0.345 e. The average Bonchev–Trinajstić information content (AvgIpc) is 3.19. The van der Waals surface area contributed by atoms with E-state index in [1.54, 1.807) is 11.0 Å².